The Hall–Kier alpha value is -4.11. The van der Waals surface area contributed by atoms with E-state index in [0.29, 0.717) is 15.6 Å². The molecule has 0 spiro atoms. The molecule has 2 aliphatic heterocycles. The summed E-state index contributed by atoms with van der Waals surface area (Å²) in [4.78, 5) is 54.8. The van der Waals surface area contributed by atoms with Crippen LogP contribution in [0.5, 0.6) is 0 Å². The molecule has 42 heavy (non-hydrogen) atoms. The summed E-state index contributed by atoms with van der Waals surface area (Å²) in [6.45, 7) is -0.378. The number of aromatic nitrogens is 1. The van der Waals surface area contributed by atoms with Gasteiger partial charge in [-0.3, -0.25) is 23.7 Å². The van der Waals surface area contributed by atoms with E-state index in [1.54, 1.807) is 12.1 Å². The molecule has 3 unspecified atom stereocenters. The lowest BCUT2D eigenvalue weighted by atomic mass is 9.83. The number of rotatable bonds is 6. The molecule has 6 rings (SSSR count). The number of anilines is 2. The predicted octanol–water partition coefficient (Wildman–Crippen LogP) is 3.13. The number of carbonyl (C=O) groups excluding carboxylic acids is 3. The van der Waals surface area contributed by atoms with Gasteiger partial charge in [0.2, 0.25) is 27.7 Å². The topological polar surface area (TPSA) is 149 Å². The standard InChI is InChI=1S/C28H21FN4O6S3/c29-16-6-10-18(11-7-16)33-25(35)22-21(15-4-2-1-3-5-15)24-27(40-23(22)26(33)36)32(28(37)41-24)14-20(34)31-17-8-12-19(13-9-17)42(30,38)39/h1-13,21-23H,14H2,(H,31,34)(H2,30,38,39). The van der Waals surface area contributed by atoms with Crippen LogP contribution >= 0.6 is 23.1 Å². The molecule has 1 saturated heterocycles. The molecule has 1 fully saturated rings. The van der Waals surface area contributed by atoms with Crippen molar-refractivity contribution in [2.24, 2.45) is 11.1 Å². The first-order valence-corrected chi connectivity index (χ1v) is 15.8. The molecule has 0 bridgehead atoms. The number of hydrogen-bond donors (Lipinski definition) is 2. The third-order valence-corrected chi connectivity index (χ3v) is 10.6. The number of nitrogens with two attached hydrogens (primary N) is 1. The predicted molar refractivity (Wildman–Crippen MR) is 155 cm³/mol. The Morgan fingerprint density at radius 3 is 2.24 bits per heavy atom. The fourth-order valence-electron chi connectivity index (χ4n) is 5.19. The van der Waals surface area contributed by atoms with Gasteiger partial charge in [-0.2, -0.15) is 0 Å². The van der Waals surface area contributed by atoms with Crippen molar-refractivity contribution in [2.45, 2.75) is 27.6 Å². The van der Waals surface area contributed by atoms with Gasteiger partial charge in [0.05, 0.1) is 21.5 Å². The van der Waals surface area contributed by atoms with E-state index in [1.807, 2.05) is 18.2 Å². The van der Waals surface area contributed by atoms with Crippen LogP contribution < -0.4 is 20.2 Å². The van der Waals surface area contributed by atoms with Crippen molar-refractivity contribution < 1.29 is 27.2 Å². The van der Waals surface area contributed by atoms with Crippen molar-refractivity contribution in [1.29, 1.82) is 0 Å². The van der Waals surface area contributed by atoms with Gasteiger partial charge in [0.1, 0.15) is 17.6 Å². The molecule has 3 N–H and O–H groups in total. The van der Waals surface area contributed by atoms with Gasteiger partial charge in [-0.25, -0.2) is 22.8 Å². The lowest BCUT2D eigenvalue weighted by Crippen LogP contribution is -2.33. The number of carbonyl (C=O) groups is 3. The molecule has 3 aromatic carbocycles. The number of halogens is 1. The van der Waals surface area contributed by atoms with Crippen molar-refractivity contribution in [3.05, 3.63) is 105 Å². The molecular weight excluding hydrogens is 604 g/mol. The summed E-state index contributed by atoms with van der Waals surface area (Å²) in [5.41, 5.74) is 1.29. The number of thioether (sulfide) groups is 1. The molecule has 3 atom stereocenters. The maximum atomic E-state index is 13.8. The van der Waals surface area contributed by atoms with E-state index in [4.69, 9.17) is 5.14 Å². The van der Waals surface area contributed by atoms with Crippen LogP contribution in [0.4, 0.5) is 15.8 Å². The Morgan fingerprint density at radius 2 is 1.60 bits per heavy atom. The van der Waals surface area contributed by atoms with Gasteiger partial charge in [-0.05, 0) is 54.1 Å². The lowest BCUT2D eigenvalue weighted by molar-refractivity contribution is -0.122. The number of sulfonamides is 1. The van der Waals surface area contributed by atoms with Gasteiger partial charge in [0, 0.05) is 16.5 Å². The van der Waals surface area contributed by atoms with E-state index in [2.05, 4.69) is 5.32 Å². The summed E-state index contributed by atoms with van der Waals surface area (Å²) >= 11 is 1.98. The average Bonchev–Trinajstić information content (AvgIpc) is 3.40. The van der Waals surface area contributed by atoms with Crippen LogP contribution in [0, 0.1) is 11.7 Å². The van der Waals surface area contributed by atoms with Gasteiger partial charge in [-0.15, -0.1) is 0 Å². The highest BCUT2D eigenvalue weighted by atomic mass is 32.2. The maximum Gasteiger partial charge on any atom is 0.308 e. The van der Waals surface area contributed by atoms with E-state index in [1.165, 1.54) is 53.1 Å². The monoisotopic (exact) mass is 624 g/mol. The van der Waals surface area contributed by atoms with Crippen molar-refractivity contribution in [1.82, 2.24) is 4.57 Å². The molecule has 1 aromatic heterocycles. The summed E-state index contributed by atoms with van der Waals surface area (Å²) in [6, 6.07) is 19.4. The number of amides is 3. The second kappa shape index (κ2) is 10.6. The number of primary sulfonamides is 1. The number of thiazole rings is 1. The third kappa shape index (κ3) is 4.96. The minimum atomic E-state index is -3.90. The van der Waals surface area contributed by atoms with Crippen LogP contribution in [-0.2, 0) is 31.0 Å². The van der Waals surface area contributed by atoms with Gasteiger partial charge >= 0.3 is 4.87 Å². The average molecular weight is 625 g/mol. The molecule has 214 valence electrons. The molecule has 0 aliphatic carbocycles. The fraction of sp³-hybridized carbons (Fsp3) is 0.143. The van der Waals surface area contributed by atoms with Crippen LogP contribution in [-0.4, -0.2) is 36.0 Å². The number of nitrogens with zero attached hydrogens (tertiary/aromatic N) is 2. The molecule has 10 nitrogen and oxygen atoms in total. The second-order valence-corrected chi connectivity index (χ2v) is 13.4. The molecule has 3 amide bonds. The molecular formula is C28H21FN4O6S3. The highest BCUT2D eigenvalue weighted by Crippen LogP contribution is 2.53. The van der Waals surface area contributed by atoms with Crippen molar-refractivity contribution in [3.63, 3.8) is 0 Å². The molecule has 14 heteroatoms. The van der Waals surface area contributed by atoms with Gasteiger partial charge in [0.15, 0.2) is 0 Å². The molecule has 2 aliphatic rings. The Labute approximate surface area is 247 Å². The Kier molecular flexibility index (Phi) is 7.09. The third-order valence-electron chi connectivity index (χ3n) is 7.06. The Bertz CT molecular complexity index is 1890. The first-order chi connectivity index (χ1) is 20.0. The van der Waals surface area contributed by atoms with Crippen LogP contribution in [0.15, 0.2) is 93.6 Å². The summed E-state index contributed by atoms with van der Waals surface area (Å²) < 4.78 is 37.9. The van der Waals surface area contributed by atoms with Gasteiger partial charge < -0.3 is 5.32 Å². The van der Waals surface area contributed by atoms with Crippen molar-refractivity contribution in [3.8, 4) is 0 Å². The maximum absolute atomic E-state index is 13.8. The normalized spacial score (nSPS) is 19.9. The zero-order valence-electron chi connectivity index (χ0n) is 21.5. The minimum absolute atomic E-state index is 0.119. The van der Waals surface area contributed by atoms with Gasteiger partial charge in [0.25, 0.3) is 0 Å². The zero-order chi connectivity index (χ0) is 29.8. The van der Waals surface area contributed by atoms with Crippen molar-refractivity contribution in [2.75, 3.05) is 10.2 Å². The van der Waals surface area contributed by atoms with Crippen molar-refractivity contribution >= 4 is 62.2 Å². The minimum Gasteiger partial charge on any atom is -0.325 e. The van der Waals surface area contributed by atoms with E-state index in [9.17, 15) is 32.0 Å². The van der Waals surface area contributed by atoms with E-state index in [-0.39, 0.29) is 17.1 Å². The van der Waals surface area contributed by atoms with Crippen LogP contribution in [0.25, 0.3) is 0 Å². The van der Waals surface area contributed by atoms with Crippen LogP contribution in [0.2, 0.25) is 0 Å². The first-order valence-electron chi connectivity index (χ1n) is 12.5. The SMILES string of the molecule is NS(=O)(=O)c1ccc(NC(=O)Cn2c3c(sc2=O)C(c2ccccc2)C2C(=O)N(c4ccc(F)cc4)C(=O)C2S3)cc1. The smallest absolute Gasteiger partial charge is 0.308 e. The number of hydrogen-bond acceptors (Lipinski definition) is 8. The number of imide groups is 1. The number of benzene rings is 3. The number of fused-ring (bicyclic) bond motifs is 2. The van der Waals surface area contributed by atoms with E-state index < -0.39 is 55.5 Å². The highest BCUT2D eigenvalue weighted by molar-refractivity contribution is 8.00. The highest BCUT2D eigenvalue weighted by Gasteiger charge is 2.56. The summed E-state index contributed by atoms with van der Waals surface area (Å²) in [5, 5.41) is 7.29. The van der Waals surface area contributed by atoms with Crippen LogP contribution in [0.1, 0.15) is 16.4 Å². The van der Waals surface area contributed by atoms with Gasteiger partial charge in [-0.1, -0.05) is 53.4 Å². The molecule has 3 heterocycles. The molecule has 0 radical (unpaired) electrons. The fourth-order valence-corrected chi connectivity index (χ4v) is 8.48. The molecule has 4 aromatic rings. The lowest BCUT2D eigenvalue weighted by Gasteiger charge is -2.30. The first kappa shape index (κ1) is 28.0. The second-order valence-electron chi connectivity index (χ2n) is 9.68. The largest absolute Gasteiger partial charge is 0.325 e. The van der Waals surface area contributed by atoms with E-state index in [0.717, 1.165) is 33.6 Å². The Balaban J connectivity index is 1.35. The number of nitrogens with one attached hydrogen (secondary N) is 1. The summed E-state index contributed by atoms with van der Waals surface area (Å²) in [6.07, 6.45) is 0. The summed E-state index contributed by atoms with van der Waals surface area (Å²) in [5.74, 6) is -3.44. The Morgan fingerprint density at radius 1 is 0.929 bits per heavy atom. The summed E-state index contributed by atoms with van der Waals surface area (Å²) in [7, 11) is -3.90. The van der Waals surface area contributed by atoms with E-state index >= 15 is 0 Å². The quantitative estimate of drug-likeness (QED) is 0.313. The molecule has 0 saturated carbocycles. The van der Waals surface area contributed by atoms with Crippen LogP contribution in [0.3, 0.4) is 0 Å². The zero-order valence-corrected chi connectivity index (χ0v) is 23.9.